The van der Waals surface area contributed by atoms with E-state index in [1.807, 2.05) is 42.2 Å². The van der Waals surface area contributed by atoms with Gasteiger partial charge in [-0.1, -0.05) is 59.6 Å². The minimum atomic E-state index is -0.0633. The molecule has 2 atom stereocenters. The molecule has 36 heavy (non-hydrogen) atoms. The number of amides is 1. The molecule has 1 saturated heterocycles. The van der Waals surface area contributed by atoms with Crippen LogP contribution in [-0.4, -0.2) is 33.4 Å². The van der Waals surface area contributed by atoms with Crippen molar-refractivity contribution in [1.29, 1.82) is 0 Å². The molecule has 4 aromatic rings. The topological polar surface area (TPSA) is 55.2 Å². The first-order valence-corrected chi connectivity index (χ1v) is 12.8. The maximum Gasteiger partial charge on any atom is 0.261 e. The lowest BCUT2D eigenvalue weighted by Crippen LogP contribution is -2.44. The van der Waals surface area contributed by atoms with Gasteiger partial charge in [-0.15, -0.1) is 0 Å². The number of carbonyl (C=O) groups excluding carboxylic acids is 1. The predicted octanol–water partition coefficient (Wildman–Crippen LogP) is 5.77. The zero-order chi connectivity index (χ0) is 25.2. The van der Waals surface area contributed by atoms with Crippen molar-refractivity contribution in [2.45, 2.75) is 32.1 Å². The summed E-state index contributed by atoms with van der Waals surface area (Å²) in [5.41, 5.74) is 3.68. The summed E-state index contributed by atoms with van der Waals surface area (Å²) in [6.07, 6.45) is 2.56. The second-order valence-electron chi connectivity index (χ2n) is 9.79. The van der Waals surface area contributed by atoms with E-state index in [2.05, 4.69) is 24.3 Å². The van der Waals surface area contributed by atoms with E-state index in [0.29, 0.717) is 34.6 Å². The molecule has 6 heteroatoms. The molecule has 5 rings (SSSR count). The molecule has 0 radical (unpaired) electrons. The zero-order valence-corrected chi connectivity index (χ0v) is 21.4. The number of piperidine rings is 1. The number of likely N-dealkylation sites (tertiary alicyclic amines) is 1. The molecule has 0 saturated carbocycles. The van der Waals surface area contributed by atoms with Crippen LogP contribution in [0.25, 0.3) is 10.9 Å². The molecule has 1 amide bonds. The Kier molecular flexibility index (Phi) is 6.92. The van der Waals surface area contributed by atoms with Crippen LogP contribution in [0.5, 0.6) is 0 Å². The lowest BCUT2D eigenvalue weighted by Gasteiger charge is -2.39. The molecular formula is C30H30ClN3O2. The smallest absolute Gasteiger partial charge is 0.261 e. The fourth-order valence-corrected chi connectivity index (χ4v) is 5.48. The number of aryl methyl sites for hydroxylation is 2. The van der Waals surface area contributed by atoms with Crippen LogP contribution < -0.4 is 5.56 Å². The third-order valence-corrected chi connectivity index (χ3v) is 7.61. The Labute approximate surface area is 216 Å². The normalized spacial score (nSPS) is 17.9. The minimum Gasteiger partial charge on any atom is -0.338 e. The van der Waals surface area contributed by atoms with Gasteiger partial charge in [-0.25, -0.2) is 4.98 Å². The van der Waals surface area contributed by atoms with E-state index >= 15 is 0 Å². The number of rotatable bonds is 5. The van der Waals surface area contributed by atoms with Crippen LogP contribution in [0.4, 0.5) is 0 Å². The maximum atomic E-state index is 13.3. The van der Waals surface area contributed by atoms with Gasteiger partial charge in [0.25, 0.3) is 11.5 Å². The Bertz CT molecular complexity index is 1450. The summed E-state index contributed by atoms with van der Waals surface area (Å²) in [6.45, 7) is 3.28. The second-order valence-corrected chi connectivity index (χ2v) is 10.2. The summed E-state index contributed by atoms with van der Waals surface area (Å²) in [7, 11) is 1.80. The van der Waals surface area contributed by atoms with E-state index in [9.17, 15) is 9.59 Å². The zero-order valence-electron chi connectivity index (χ0n) is 20.7. The van der Waals surface area contributed by atoms with Gasteiger partial charge >= 0.3 is 0 Å². The number of nitrogens with zero attached hydrogens (tertiary/aromatic N) is 3. The van der Waals surface area contributed by atoms with Crippen LogP contribution in [-0.2, 0) is 13.5 Å². The van der Waals surface area contributed by atoms with E-state index in [1.165, 1.54) is 5.56 Å². The van der Waals surface area contributed by atoms with Crippen molar-refractivity contribution in [3.8, 4) is 0 Å². The lowest BCUT2D eigenvalue weighted by atomic mass is 9.80. The van der Waals surface area contributed by atoms with Gasteiger partial charge in [0.15, 0.2) is 0 Å². The summed E-state index contributed by atoms with van der Waals surface area (Å²) >= 11 is 6.22. The first-order chi connectivity index (χ1) is 17.4. The number of hydrogen-bond donors (Lipinski definition) is 0. The SMILES string of the molecule is Cc1ccc(C(=O)N2CCC(c3nc4cc(Cl)ccc4c(=O)n3C)C(CCc3ccccc3)C2)cc1. The molecule has 2 unspecified atom stereocenters. The van der Waals surface area contributed by atoms with Crippen LogP contribution in [0.1, 0.15) is 46.1 Å². The molecule has 3 aromatic carbocycles. The van der Waals surface area contributed by atoms with Gasteiger partial charge < -0.3 is 4.90 Å². The van der Waals surface area contributed by atoms with E-state index in [4.69, 9.17) is 16.6 Å². The first kappa shape index (κ1) is 24.3. The fraction of sp³-hybridized carbons (Fsp3) is 0.300. The summed E-state index contributed by atoms with van der Waals surface area (Å²) in [4.78, 5) is 33.4. The minimum absolute atomic E-state index is 0.0605. The van der Waals surface area contributed by atoms with Crippen molar-refractivity contribution in [2.75, 3.05) is 13.1 Å². The number of carbonyl (C=O) groups is 1. The van der Waals surface area contributed by atoms with Crippen molar-refractivity contribution in [3.05, 3.63) is 111 Å². The highest BCUT2D eigenvalue weighted by Gasteiger charge is 2.35. The molecule has 1 aromatic heterocycles. The highest BCUT2D eigenvalue weighted by Crippen LogP contribution is 2.35. The molecular weight excluding hydrogens is 470 g/mol. The molecule has 0 bridgehead atoms. The van der Waals surface area contributed by atoms with Crippen molar-refractivity contribution < 1.29 is 4.79 Å². The standard InChI is InChI=1S/C30H30ClN3O2/c1-20-8-11-22(12-9-20)29(35)34-17-16-25(23(19-34)13-10-21-6-4-3-5-7-21)28-32-27-18-24(31)14-15-26(27)30(36)33(28)2/h3-9,11-12,14-15,18,23,25H,10,13,16-17,19H2,1-2H3. The number of hydrogen-bond acceptors (Lipinski definition) is 3. The van der Waals surface area contributed by atoms with E-state index in [-0.39, 0.29) is 23.3 Å². The van der Waals surface area contributed by atoms with Gasteiger partial charge in [0.2, 0.25) is 0 Å². The third kappa shape index (κ3) is 4.93. The molecule has 0 spiro atoms. The molecule has 5 nitrogen and oxygen atoms in total. The Morgan fingerprint density at radius 1 is 1.06 bits per heavy atom. The van der Waals surface area contributed by atoms with Crippen molar-refractivity contribution in [1.82, 2.24) is 14.5 Å². The highest BCUT2D eigenvalue weighted by molar-refractivity contribution is 6.31. The average molecular weight is 500 g/mol. The van der Waals surface area contributed by atoms with Crippen molar-refractivity contribution >= 4 is 28.4 Å². The van der Waals surface area contributed by atoms with Gasteiger partial charge in [0.05, 0.1) is 10.9 Å². The van der Waals surface area contributed by atoms with Crippen LogP contribution >= 0.6 is 11.6 Å². The molecule has 1 aliphatic heterocycles. The largest absolute Gasteiger partial charge is 0.338 e. The van der Waals surface area contributed by atoms with Gasteiger partial charge in [0, 0.05) is 36.6 Å². The summed E-state index contributed by atoms with van der Waals surface area (Å²) in [5, 5.41) is 1.13. The van der Waals surface area contributed by atoms with Crippen molar-refractivity contribution in [2.24, 2.45) is 13.0 Å². The van der Waals surface area contributed by atoms with Gasteiger partial charge in [-0.2, -0.15) is 0 Å². The van der Waals surface area contributed by atoms with Crippen molar-refractivity contribution in [3.63, 3.8) is 0 Å². The number of aromatic nitrogens is 2. The number of benzene rings is 3. The highest BCUT2D eigenvalue weighted by atomic mass is 35.5. The van der Waals surface area contributed by atoms with Gasteiger partial charge in [-0.05, 0) is 68.0 Å². The van der Waals surface area contributed by atoms with Gasteiger partial charge in [0.1, 0.15) is 5.82 Å². The van der Waals surface area contributed by atoms with Crippen LogP contribution in [0.2, 0.25) is 5.02 Å². The maximum absolute atomic E-state index is 13.3. The quantitative estimate of drug-likeness (QED) is 0.350. The van der Waals surface area contributed by atoms with E-state index in [0.717, 1.165) is 30.7 Å². The fourth-order valence-electron chi connectivity index (χ4n) is 5.32. The average Bonchev–Trinajstić information content (AvgIpc) is 2.90. The Morgan fingerprint density at radius 2 is 1.81 bits per heavy atom. The monoisotopic (exact) mass is 499 g/mol. The molecule has 0 N–H and O–H groups in total. The lowest BCUT2D eigenvalue weighted by molar-refractivity contribution is 0.0635. The molecule has 1 aliphatic rings. The third-order valence-electron chi connectivity index (χ3n) is 7.37. The summed E-state index contributed by atoms with van der Waals surface area (Å²) in [6, 6.07) is 23.4. The van der Waals surface area contributed by atoms with Crippen LogP contribution in [0.3, 0.4) is 0 Å². The number of halogens is 1. The molecule has 0 aliphatic carbocycles. The summed E-state index contributed by atoms with van der Waals surface area (Å²) < 4.78 is 1.69. The van der Waals surface area contributed by atoms with E-state index in [1.54, 1.807) is 29.8 Å². The van der Waals surface area contributed by atoms with Crippen LogP contribution in [0.15, 0.2) is 77.6 Å². The first-order valence-electron chi connectivity index (χ1n) is 12.5. The van der Waals surface area contributed by atoms with Crippen LogP contribution in [0, 0.1) is 12.8 Å². The Balaban J connectivity index is 1.48. The Morgan fingerprint density at radius 3 is 2.56 bits per heavy atom. The Hall–Kier alpha value is -3.44. The molecule has 1 fully saturated rings. The second kappa shape index (κ2) is 10.3. The van der Waals surface area contributed by atoms with E-state index < -0.39 is 0 Å². The molecule has 2 heterocycles. The molecule has 184 valence electrons. The van der Waals surface area contributed by atoms with Gasteiger partial charge in [-0.3, -0.25) is 14.2 Å². The summed E-state index contributed by atoms with van der Waals surface area (Å²) in [5.74, 6) is 1.07. The number of fused-ring (bicyclic) bond motifs is 1. The predicted molar refractivity (Wildman–Crippen MR) is 145 cm³/mol.